The van der Waals surface area contributed by atoms with Crippen molar-refractivity contribution in [2.75, 3.05) is 13.1 Å². The van der Waals surface area contributed by atoms with Crippen LogP contribution in [0.3, 0.4) is 0 Å². The van der Waals surface area contributed by atoms with Crippen molar-refractivity contribution < 1.29 is 27.9 Å². The van der Waals surface area contributed by atoms with Gasteiger partial charge in [0.25, 0.3) is 0 Å². The molecule has 0 bridgehead atoms. The standard InChI is InChI=1S/C10H14N2O.C2HF3O2/c11-6-7-12-10(13)8-9-4-2-1-3-5-9;3-2(4,5)1(6)7/h1-5H,6-8,11H2,(H,12,13);(H,6,7). The van der Waals surface area contributed by atoms with Crippen molar-refractivity contribution >= 4 is 11.9 Å². The van der Waals surface area contributed by atoms with Crippen LogP contribution < -0.4 is 11.1 Å². The van der Waals surface area contributed by atoms with Crippen molar-refractivity contribution in [3.8, 4) is 0 Å². The number of carboxylic acids is 1. The molecule has 0 fully saturated rings. The Morgan fingerprint density at radius 2 is 1.70 bits per heavy atom. The number of alkyl halides is 3. The minimum absolute atomic E-state index is 0.0247. The molecule has 112 valence electrons. The van der Waals surface area contributed by atoms with Crippen molar-refractivity contribution in [1.82, 2.24) is 5.32 Å². The first-order valence-electron chi connectivity index (χ1n) is 5.58. The van der Waals surface area contributed by atoms with Gasteiger partial charge >= 0.3 is 12.1 Å². The summed E-state index contributed by atoms with van der Waals surface area (Å²) in [6.07, 6.45) is -4.65. The van der Waals surface area contributed by atoms with Crippen molar-refractivity contribution in [2.45, 2.75) is 12.6 Å². The van der Waals surface area contributed by atoms with Gasteiger partial charge in [0, 0.05) is 13.1 Å². The van der Waals surface area contributed by atoms with Gasteiger partial charge in [-0.15, -0.1) is 0 Å². The van der Waals surface area contributed by atoms with Crippen LogP contribution in [-0.4, -0.2) is 36.2 Å². The zero-order valence-corrected chi connectivity index (χ0v) is 10.5. The van der Waals surface area contributed by atoms with Gasteiger partial charge in [-0.25, -0.2) is 4.79 Å². The number of aliphatic carboxylic acids is 1. The Kier molecular flexibility index (Phi) is 7.98. The van der Waals surface area contributed by atoms with Crippen molar-refractivity contribution in [3.05, 3.63) is 35.9 Å². The number of carbonyl (C=O) groups is 2. The average molecular weight is 292 g/mol. The summed E-state index contributed by atoms with van der Waals surface area (Å²) < 4.78 is 31.7. The molecule has 0 saturated carbocycles. The third-order valence-electron chi connectivity index (χ3n) is 1.92. The molecule has 0 atom stereocenters. The number of carboxylic acid groups (broad SMARTS) is 1. The molecule has 1 aromatic carbocycles. The number of carbonyl (C=O) groups excluding carboxylic acids is 1. The lowest BCUT2D eigenvalue weighted by atomic mass is 10.1. The molecule has 1 rings (SSSR count). The molecule has 0 saturated heterocycles. The summed E-state index contributed by atoms with van der Waals surface area (Å²) in [4.78, 5) is 20.1. The quantitative estimate of drug-likeness (QED) is 0.770. The van der Waals surface area contributed by atoms with Gasteiger partial charge in [0.1, 0.15) is 0 Å². The van der Waals surface area contributed by atoms with Gasteiger partial charge in [-0.05, 0) is 5.56 Å². The molecule has 0 heterocycles. The van der Waals surface area contributed by atoms with E-state index in [1.165, 1.54) is 0 Å². The van der Waals surface area contributed by atoms with Gasteiger partial charge < -0.3 is 16.2 Å². The van der Waals surface area contributed by atoms with E-state index in [-0.39, 0.29) is 5.91 Å². The highest BCUT2D eigenvalue weighted by Crippen LogP contribution is 2.13. The summed E-state index contributed by atoms with van der Waals surface area (Å²) in [5.41, 5.74) is 6.28. The highest BCUT2D eigenvalue weighted by atomic mass is 19.4. The molecule has 0 aliphatic heterocycles. The van der Waals surface area contributed by atoms with E-state index in [2.05, 4.69) is 5.32 Å². The molecular weight excluding hydrogens is 277 g/mol. The van der Waals surface area contributed by atoms with Crippen molar-refractivity contribution in [1.29, 1.82) is 0 Å². The van der Waals surface area contributed by atoms with E-state index in [9.17, 15) is 18.0 Å². The Morgan fingerprint density at radius 1 is 1.20 bits per heavy atom. The average Bonchev–Trinajstić information content (AvgIpc) is 2.37. The number of hydrogen-bond donors (Lipinski definition) is 3. The first-order chi connectivity index (χ1) is 9.27. The lowest BCUT2D eigenvalue weighted by Gasteiger charge is -2.02. The summed E-state index contributed by atoms with van der Waals surface area (Å²) >= 11 is 0. The van der Waals surface area contributed by atoms with Gasteiger partial charge in [-0.1, -0.05) is 30.3 Å². The molecule has 4 N–H and O–H groups in total. The van der Waals surface area contributed by atoms with Crippen LogP contribution in [0.4, 0.5) is 13.2 Å². The molecular formula is C12H15F3N2O3. The van der Waals surface area contributed by atoms with Crippen LogP contribution in [0.5, 0.6) is 0 Å². The zero-order valence-electron chi connectivity index (χ0n) is 10.5. The summed E-state index contributed by atoms with van der Waals surface area (Å²) in [6.45, 7) is 1.03. The van der Waals surface area contributed by atoms with Gasteiger partial charge in [0.2, 0.25) is 5.91 Å². The van der Waals surface area contributed by atoms with Crippen LogP contribution >= 0.6 is 0 Å². The summed E-state index contributed by atoms with van der Waals surface area (Å²) in [5, 5.41) is 9.84. The second-order valence-corrected chi connectivity index (χ2v) is 3.60. The summed E-state index contributed by atoms with van der Waals surface area (Å²) in [6, 6.07) is 9.64. The maximum atomic E-state index is 11.2. The monoisotopic (exact) mass is 292 g/mol. The van der Waals surface area contributed by atoms with Crippen LogP contribution in [0.2, 0.25) is 0 Å². The second kappa shape index (κ2) is 8.92. The van der Waals surface area contributed by atoms with E-state index in [1.807, 2.05) is 30.3 Å². The maximum absolute atomic E-state index is 11.2. The molecule has 1 amide bonds. The number of amides is 1. The molecule has 8 heteroatoms. The van der Waals surface area contributed by atoms with Crippen molar-refractivity contribution in [2.24, 2.45) is 5.73 Å². The molecule has 20 heavy (non-hydrogen) atoms. The fourth-order valence-electron chi connectivity index (χ4n) is 1.06. The molecule has 0 aromatic heterocycles. The predicted octanol–water partition coefficient (Wildman–Crippen LogP) is 0.937. The Labute approximate surface area is 113 Å². The van der Waals surface area contributed by atoms with E-state index >= 15 is 0 Å². The van der Waals surface area contributed by atoms with Crippen LogP contribution in [-0.2, 0) is 16.0 Å². The third kappa shape index (κ3) is 8.92. The lowest BCUT2D eigenvalue weighted by molar-refractivity contribution is -0.192. The Hall–Kier alpha value is -2.09. The Morgan fingerprint density at radius 3 is 2.10 bits per heavy atom. The molecule has 0 spiro atoms. The summed E-state index contributed by atoms with van der Waals surface area (Å²) in [5.74, 6) is -2.73. The van der Waals surface area contributed by atoms with E-state index in [4.69, 9.17) is 15.6 Å². The Bertz CT molecular complexity index is 422. The van der Waals surface area contributed by atoms with E-state index in [0.717, 1.165) is 5.56 Å². The fourth-order valence-corrected chi connectivity index (χ4v) is 1.06. The predicted molar refractivity (Wildman–Crippen MR) is 65.9 cm³/mol. The first kappa shape index (κ1) is 17.9. The van der Waals surface area contributed by atoms with Crippen LogP contribution in [0.15, 0.2) is 30.3 Å². The van der Waals surface area contributed by atoms with Gasteiger partial charge in [-0.2, -0.15) is 13.2 Å². The van der Waals surface area contributed by atoms with Crippen LogP contribution in [0, 0.1) is 0 Å². The minimum atomic E-state index is -5.08. The number of halogens is 3. The van der Waals surface area contributed by atoms with Gasteiger partial charge in [-0.3, -0.25) is 4.79 Å². The van der Waals surface area contributed by atoms with Crippen molar-refractivity contribution in [3.63, 3.8) is 0 Å². The highest BCUT2D eigenvalue weighted by molar-refractivity contribution is 5.78. The van der Waals surface area contributed by atoms with Crippen LogP contribution in [0.1, 0.15) is 5.56 Å². The second-order valence-electron chi connectivity index (χ2n) is 3.60. The van der Waals surface area contributed by atoms with E-state index < -0.39 is 12.1 Å². The molecule has 0 aliphatic carbocycles. The molecule has 5 nitrogen and oxygen atoms in total. The topological polar surface area (TPSA) is 92.4 Å². The number of hydrogen-bond acceptors (Lipinski definition) is 3. The van der Waals surface area contributed by atoms with Crippen LogP contribution in [0.25, 0.3) is 0 Å². The lowest BCUT2D eigenvalue weighted by Crippen LogP contribution is -2.30. The maximum Gasteiger partial charge on any atom is 0.490 e. The molecule has 0 aliphatic rings. The summed E-state index contributed by atoms with van der Waals surface area (Å²) in [7, 11) is 0. The Balaban J connectivity index is 0.000000441. The number of nitrogens with two attached hydrogens (primary N) is 1. The third-order valence-corrected chi connectivity index (χ3v) is 1.92. The zero-order chi connectivity index (χ0) is 15.6. The van der Waals surface area contributed by atoms with Gasteiger partial charge in [0.15, 0.2) is 0 Å². The fraction of sp³-hybridized carbons (Fsp3) is 0.333. The van der Waals surface area contributed by atoms with E-state index in [0.29, 0.717) is 19.5 Å². The normalized spacial score (nSPS) is 10.2. The smallest absolute Gasteiger partial charge is 0.475 e. The largest absolute Gasteiger partial charge is 0.490 e. The first-order valence-corrected chi connectivity index (χ1v) is 5.58. The van der Waals surface area contributed by atoms with Gasteiger partial charge in [0.05, 0.1) is 6.42 Å². The van der Waals surface area contributed by atoms with E-state index in [1.54, 1.807) is 0 Å². The minimum Gasteiger partial charge on any atom is -0.475 e. The number of rotatable bonds is 4. The molecule has 1 aromatic rings. The number of nitrogens with one attached hydrogen (secondary N) is 1. The SMILES string of the molecule is NCCNC(=O)Cc1ccccc1.O=C(O)C(F)(F)F. The number of benzene rings is 1. The highest BCUT2D eigenvalue weighted by Gasteiger charge is 2.38. The molecule has 0 radical (unpaired) electrons. The molecule has 0 unspecified atom stereocenters.